The molecule has 4 rings (SSSR count). The highest BCUT2D eigenvalue weighted by Crippen LogP contribution is 2.39. The Labute approximate surface area is 208 Å². The summed E-state index contributed by atoms with van der Waals surface area (Å²) >= 11 is 1.23. The number of halogens is 3. The molecule has 5 N–H and O–H groups in total. The van der Waals surface area contributed by atoms with Crippen LogP contribution in [-0.2, 0) is 4.79 Å². The number of aliphatic carboxylic acids is 1. The van der Waals surface area contributed by atoms with Crippen molar-refractivity contribution in [3.05, 3.63) is 76.7 Å². The van der Waals surface area contributed by atoms with Crippen LogP contribution < -0.4 is 16.4 Å². The third-order valence-electron chi connectivity index (χ3n) is 5.08. The maximum atomic E-state index is 13.3. The number of nitrogen functional groups attached to an aromatic ring is 1. The second kappa shape index (κ2) is 11.7. The summed E-state index contributed by atoms with van der Waals surface area (Å²) in [6.45, 7) is 2.71. The van der Waals surface area contributed by atoms with Crippen molar-refractivity contribution in [3.63, 3.8) is 0 Å². The number of piperazine rings is 1. The van der Waals surface area contributed by atoms with Crippen LogP contribution in [0.3, 0.4) is 0 Å². The van der Waals surface area contributed by atoms with E-state index >= 15 is 0 Å². The summed E-state index contributed by atoms with van der Waals surface area (Å²) in [4.78, 5) is 37.4. The first kappa shape index (κ1) is 26.7. The van der Waals surface area contributed by atoms with Gasteiger partial charge in [-0.3, -0.25) is 9.59 Å². The van der Waals surface area contributed by atoms with Gasteiger partial charge in [0, 0.05) is 37.4 Å². The van der Waals surface area contributed by atoms with Crippen LogP contribution in [0, 0.1) is 0 Å². The molecule has 1 saturated heterocycles. The number of carbonyl (C=O) groups is 3. The molecule has 1 aromatic heterocycles. The fourth-order valence-electron chi connectivity index (χ4n) is 3.31. The Balaban J connectivity index is 0.000000454. The number of hydrogen-bond donors (Lipinski definition) is 4. The van der Waals surface area contributed by atoms with E-state index in [1.54, 1.807) is 17.0 Å². The second-order valence-electron chi connectivity index (χ2n) is 7.58. The third kappa shape index (κ3) is 6.61. The van der Waals surface area contributed by atoms with E-state index in [0.29, 0.717) is 34.1 Å². The quantitative estimate of drug-likeness (QED) is 0.375. The number of thiophene rings is 1. The van der Waals surface area contributed by atoms with Crippen LogP contribution in [0.5, 0.6) is 0 Å². The van der Waals surface area contributed by atoms with Gasteiger partial charge in [0.2, 0.25) is 5.78 Å². The Morgan fingerprint density at radius 1 is 0.972 bits per heavy atom. The highest BCUT2D eigenvalue weighted by molar-refractivity contribution is 7.19. The highest BCUT2D eigenvalue weighted by Gasteiger charge is 2.38. The molecule has 0 unspecified atom stereocenters. The Hall–Kier alpha value is -3.90. The molecule has 3 aromatic rings. The van der Waals surface area contributed by atoms with Crippen molar-refractivity contribution in [2.75, 3.05) is 37.2 Å². The largest absolute Gasteiger partial charge is 0.490 e. The molecule has 0 atom stereocenters. The van der Waals surface area contributed by atoms with Gasteiger partial charge in [0.15, 0.2) is 0 Å². The molecule has 0 saturated carbocycles. The van der Waals surface area contributed by atoms with E-state index in [0.717, 1.165) is 18.8 Å². The fourth-order valence-corrected chi connectivity index (χ4v) is 4.41. The molecular formula is C24H23F3N4O4S. The van der Waals surface area contributed by atoms with E-state index in [1.807, 2.05) is 48.5 Å². The molecule has 0 spiro atoms. The third-order valence-corrected chi connectivity index (χ3v) is 6.20. The van der Waals surface area contributed by atoms with Crippen LogP contribution in [0.15, 0.2) is 60.7 Å². The number of amides is 1. The maximum absolute atomic E-state index is 13.3. The molecule has 2 aromatic carbocycles. The van der Waals surface area contributed by atoms with Crippen LogP contribution in [0.4, 0.5) is 29.5 Å². The van der Waals surface area contributed by atoms with Crippen molar-refractivity contribution in [3.8, 4) is 0 Å². The van der Waals surface area contributed by atoms with Crippen molar-refractivity contribution in [2.24, 2.45) is 0 Å². The normalized spacial score (nSPS) is 13.4. The van der Waals surface area contributed by atoms with Crippen LogP contribution >= 0.6 is 11.3 Å². The van der Waals surface area contributed by atoms with Gasteiger partial charge in [-0.15, -0.1) is 11.3 Å². The molecule has 1 fully saturated rings. The first-order valence-electron chi connectivity index (χ1n) is 10.7. The SMILES string of the molecule is Nc1c(C(=O)c2ccccc2)sc(Nc2ccccc2)c1C(=O)N1CCNCC1.O=C(O)C(F)(F)F. The monoisotopic (exact) mass is 520 g/mol. The number of carbonyl (C=O) groups excluding carboxylic acids is 2. The average molecular weight is 521 g/mol. The molecular weight excluding hydrogens is 497 g/mol. The number of hydrogen-bond acceptors (Lipinski definition) is 7. The number of nitrogens with zero attached hydrogens (tertiary/aromatic N) is 1. The van der Waals surface area contributed by atoms with E-state index in [-0.39, 0.29) is 17.4 Å². The minimum atomic E-state index is -5.08. The first-order valence-corrected chi connectivity index (χ1v) is 11.6. The Kier molecular flexibility index (Phi) is 8.67. The summed E-state index contributed by atoms with van der Waals surface area (Å²) in [5.41, 5.74) is 8.39. The molecule has 36 heavy (non-hydrogen) atoms. The zero-order valence-corrected chi connectivity index (χ0v) is 19.7. The summed E-state index contributed by atoms with van der Waals surface area (Å²) in [6.07, 6.45) is -5.08. The molecule has 1 amide bonds. The standard InChI is InChI=1S/C22H22N4O2S.C2HF3O2/c23-18-17(22(28)26-13-11-24-12-14-26)21(25-16-9-5-2-6-10-16)29-20(18)19(27)15-7-3-1-4-8-15;3-2(4,5)1(6)7/h1-10,24-25H,11-14,23H2;(H,6,7). The number of carboxylic acid groups (broad SMARTS) is 1. The number of nitrogens with two attached hydrogens (primary N) is 1. The number of anilines is 3. The number of alkyl halides is 3. The number of para-hydroxylation sites is 1. The van der Waals surface area contributed by atoms with Gasteiger partial charge in [-0.05, 0) is 12.1 Å². The van der Waals surface area contributed by atoms with Crippen molar-refractivity contribution in [1.82, 2.24) is 10.2 Å². The molecule has 0 radical (unpaired) electrons. The number of carboxylic acids is 1. The molecule has 8 nitrogen and oxygen atoms in total. The molecule has 190 valence electrons. The zero-order chi connectivity index (χ0) is 26.3. The van der Waals surface area contributed by atoms with Crippen molar-refractivity contribution in [1.29, 1.82) is 0 Å². The van der Waals surface area contributed by atoms with E-state index in [9.17, 15) is 22.8 Å². The molecule has 0 aliphatic carbocycles. The lowest BCUT2D eigenvalue weighted by atomic mass is 10.1. The summed E-state index contributed by atoms with van der Waals surface area (Å²) in [6, 6.07) is 18.6. The Morgan fingerprint density at radius 2 is 1.50 bits per heavy atom. The van der Waals surface area contributed by atoms with E-state index in [4.69, 9.17) is 15.6 Å². The number of benzene rings is 2. The van der Waals surface area contributed by atoms with Crippen molar-refractivity contribution < 1.29 is 32.7 Å². The van der Waals surface area contributed by atoms with E-state index in [2.05, 4.69) is 10.6 Å². The summed E-state index contributed by atoms with van der Waals surface area (Å²) in [5, 5.41) is 14.2. The highest BCUT2D eigenvalue weighted by atomic mass is 32.1. The topological polar surface area (TPSA) is 125 Å². The van der Waals surface area contributed by atoms with Crippen molar-refractivity contribution >= 4 is 45.4 Å². The summed E-state index contributed by atoms with van der Waals surface area (Å²) < 4.78 is 31.7. The maximum Gasteiger partial charge on any atom is 0.490 e. The molecule has 1 aliphatic rings. The molecule has 12 heteroatoms. The predicted molar refractivity (Wildman–Crippen MR) is 131 cm³/mol. The Bertz CT molecular complexity index is 1210. The van der Waals surface area contributed by atoms with Gasteiger partial charge < -0.3 is 26.4 Å². The average Bonchev–Trinajstić information content (AvgIpc) is 3.20. The molecule has 0 bridgehead atoms. The second-order valence-corrected chi connectivity index (χ2v) is 8.60. The number of nitrogens with one attached hydrogen (secondary N) is 2. The summed E-state index contributed by atoms with van der Waals surface area (Å²) in [5.74, 6) is -3.08. The van der Waals surface area contributed by atoms with Gasteiger partial charge >= 0.3 is 12.1 Å². The lowest BCUT2D eigenvalue weighted by Gasteiger charge is -2.27. The Morgan fingerprint density at radius 3 is 2.03 bits per heavy atom. The van der Waals surface area contributed by atoms with Gasteiger partial charge in [0.25, 0.3) is 5.91 Å². The van der Waals surface area contributed by atoms with Gasteiger partial charge in [0.1, 0.15) is 9.88 Å². The lowest BCUT2D eigenvalue weighted by molar-refractivity contribution is -0.192. The minimum absolute atomic E-state index is 0.147. The minimum Gasteiger partial charge on any atom is -0.475 e. The van der Waals surface area contributed by atoms with E-state index < -0.39 is 12.1 Å². The summed E-state index contributed by atoms with van der Waals surface area (Å²) in [7, 11) is 0. The van der Waals surface area contributed by atoms with Crippen LogP contribution in [0.25, 0.3) is 0 Å². The van der Waals surface area contributed by atoms with Gasteiger partial charge in [-0.25, -0.2) is 4.79 Å². The zero-order valence-electron chi connectivity index (χ0n) is 18.8. The lowest BCUT2D eigenvalue weighted by Crippen LogP contribution is -2.46. The smallest absolute Gasteiger partial charge is 0.475 e. The van der Waals surface area contributed by atoms with Crippen LogP contribution in [0.1, 0.15) is 25.6 Å². The molecule has 1 aliphatic heterocycles. The number of ketones is 1. The van der Waals surface area contributed by atoms with Crippen LogP contribution in [-0.4, -0.2) is 60.0 Å². The number of rotatable bonds is 5. The molecule has 2 heterocycles. The van der Waals surface area contributed by atoms with Gasteiger partial charge in [-0.1, -0.05) is 48.5 Å². The van der Waals surface area contributed by atoms with Gasteiger partial charge in [0.05, 0.1) is 11.3 Å². The predicted octanol–water partition coefficient (Wildman–Crippen LogP) is 3.98. The van der Waals surface area contributed by atoms with Crippen LogP contribution in [0.2, 0.25) is 0 Å². The fraction of sp³-hybridized carbons (Fsp3) is 0.208. The van der Waals surface area contributed by atoms with E-state index in [1.165, 1.54) is 11.3 Å². The van der Waals surface area contributed by atoms with Gasteiger partial charge in [-0.2, -0.15) is 13.2 Å². The van der Waals surface area contributed by atoms with Crippen molar-refractivity contribution in [2.45, 2.75) is 6.18 Å². The first-order chi connectivity index (χ1) is 17.1.